The molecule has 1 aromatic carbocycles. The second-order valence-electron chi connectivity index (χ2n) is 4.63. The Balaban J connectivity index is 2.39. The van der Waals surface area contributed by atoms with Crippen molar-refractivity contribution in [3.63, 3.8) is 0 Å². The monoisotopic (exact) mass is 275 g/mol. The Morgan fingerprint density at radius 3 is 2.60 bits per heavy atom. The molecule has 4 nitrogen and oxygen atoms in total. The first-order valence-electron chi connectivity index (χ1n) is 6.54. The molecule has 0 amide bonds. The molecule has 0 unspecified atom stereocenters. The Labute approximate surface area is 118 Å². The van der Waals surface area contributed by atoms with Crippen molar-refractivity contribution in [2.45, 2.75) is 27.7 Å². The molecule has 0 aliphatic heterocycles. The molecule has 0 bridgehead atoms. The minimum atomic E-state index is -0.577. The molecule has 106 valence electrons. The number of aromatic nitrogens is 2. The van der Waals surface area contributed by atoms with E-state index in [1.165, 1.54) is 0 Å². The highest BCUT2D eigenvalue weighted by atomic mass is 19.1. The largest absolute Gasteiger partial charge is 0.436 e. The van der Waals surface area contributed by atoms with E-state index >= 15 is 0 Å². The van der Waals surface area contributed by atoms with Crippen LogP contribution in [-0.2, 0) is 0 Å². The van der Waals surface area contributed by atoms with E-state index in [0.717, 1.165) is 22.9 Å². The zero-order valence-electron chi connectivity index (χ0n) is 12.1. The normalized spacial score (nSPS) is 10.4. The second-order valence-corrected chi connectivity index (χ2v) is 4.63. The zero-order valence-corrected chi connectivity index (χ0v) is 12.1. The van der Waals surface area contributed by atoms with Gasteiger partial charge in [-0.1, -0.05) is 12.1 Å². The SMILES string of the molecule is CCNc1ncc(F)c(Oc2c(C)ccc(C)c2C)n1. The number of nitrogens with zero attached hydrogens (tertiary/aromatic N) is 2. The summed E-state index contributed by atoms with van der Waals surface area (Å²) in [6.45, 7) is 8.44. The van der Waals surface area contributed by atoms with Crippen LogP contribution in [0.4, 0.5) is 10.3 Å². The molecule has 20 heavy (non-hydrogen) atoms. The van der Waals surface area contributed by atoms with Gasteiger partial charge in [0.15, 0.2) is 0 Å². The predicted molar refractivity (Wildman–Crippen MR) is 76.9 cm³/mol. The first-order valence-corrected chi connectivity index (χ1v) is 6.54. The van der Waals surface area contributed by atoms with Crippen molar-refractivity contribution in [2.24, 2.45) is 0 Å². The Morgan fingerprint density at radius 1 is 1.20 bits per heavy atom. The van der Waals surface area contributed by atoms with E-state index in [-0.39, 0.29) is 5.88 Å². The third-order valence-electron chi connectivity index (χ3n) is 3.12. The van der Waals surface area contributed by atoms with Crippen molar-refractivity contribution in [3.05, 3.63) is 40.8 Å². The standard InChI is InChI=1S/C15H18FN3O/c1-5-17-15-18-8-12(16)14(19-15)20-13-10(3)7-6-9(2)11(13)4/h6-8H,5H2,1-4H3,(H,17,18,19). The van der Waals surface area contributed by atoms with Crippen LogP contribution >= 0.6 is 0 Å². The van der Waals surface area contributed by atoms with Gasteiger partial charge in [0.25, 0.3) is 5.88 Å². The van der Waals surface area contributed by atoms with Gasteiger partial charge in [-0.25, -0.2) is 4.98 Å². The molecule has 5 heteroatoms. The van der Waals surface area contributed by atoms with Gasteiger partial charge in [-0.15, -0.1) is 0 Å². The van der Waals surface area contributed by atoms with Crippen molar-refractivity contribution >= 4 is 5.95 Å². The van der Waals surface area contributed by atoms with Gasteiger partial charge in [0, 0.05) is 6.54 Å². The topological polar surface area (TPSA) is 47.0 Å². The maximum atomic E-state index is 13.8. The van der Waals surface area contributed by atoms with E-state index in [2.05, 4.69) is 15.3 Å². The van der Waals surface area contributed by atoms with E-state index in [1.54, 1.807) is 0 Å². The molecule has 2 rings (SSSR count). The van der Waals surface area contributed by atoms with Gasteiger partial charge in [-0.2, -0.15) is 9.37 Å². The van der Waals surface area contributed by atoms with E-state index in [1.807, 2.05) is 39.8 Å². The van der Waals surface area contributed by atoms with Crippen molar-refractivity contribution in [1.29, 1.82) is 0 Å². The van der Waals surface area contributed by atoms with Crippen LogP contribution in [0, 0.1) is 26.6 Å². The highest BCUT2D eigenvalue weighted by molar-refractivity contribution is 5.46. The number of nitrogens with one attached hydrogen (secondary N) is 1. The predicted octanol–water partition coefficient (Wildman–Crippen LogP) is 3.77. The van der Waals surface area contributed by atoms with Crippen LogP contribution in [0.3, 0.4) is 0 Å². The summed E-state index contributed by atoms with van der Waals surface area (Å²) in [5, 5.41) is 2.93. The summed E-state index contributed by atoms with van der Waals surface area (Å²) in [5.74, 6) is 0.358. The average Bonchev–Trinajstić information content (AvgIpc) is 2.43. The lowest BCUT2D eigenvalue weighted by molar-refractivity contribution is 0.415. The molecule has 1 heterocycles. The summed E-state index contributed by atoms with van der Waals surface area (Å²) in [4.78, 5) is 7.91. The van der Waals surface area contributed by atoms with Gasteiger partial charge < -0.3 is 10.1 Å². The summed E-state index contributed by atoms with van der Waals surface area (Å²) in [6, 6.07) is 3.96. The van der Waals surface area contributed by atoms with Crippen molar-refractivity contribution in [1.82, 2.24) is 9.97 Å². The minimum Gasteiger partial charge on any atom is -0.436 e. The molecule has 0 aliphatic rings. The summed E-state index contributed by atoms with van der Waals surface area (Å²) < 4.78 is 19.5. The Hall–Kier alpha value is -2.17. The summed E-state index contributed by atoms with van der Waals surface area (Å²) >= 11 is 0. The smallest absolute Gasteiger partial charge is 0.260 e. The van der Waals surface area contributed by atoms with Crippen LogP contribution in [0.15, 0.2) is 18.3 Å². The lowest BCUT2D eigenvalue weighted by Crippen LogP contribution is -2.05. The molecular weight excluding hydrogens is 257 g/mol. The number of aryl methyl sites for hydroxylation is 2. The second kappa shape index (κ2) is 5.86. The molecule has 0 atom stereocenters. The van der Waals surface area contributed by atoms with Gasteiger partial charge in [0.2, 0.25) is 11.8 Å². The van der Waals surface area contributed by atoms with Gasteiger partial charge in [0.05, 0.1) is 6.20 Å². The quantitative estimate of drug-likeness (QED) is 0.922. The molecule has 1 aromatic heterocycles. The molecule has 0 radical (unpaired) electrons. The molecule has 0 saturated heterocycles. The number of halogens is 1. The fourth-order valence-corrected chi connectivity index (χ4v) is 1.85. The first kappa shape index (κ1) is 14.2. The summed E-state index contributed by atoms with van der Waals surface area (Å²) in [7, 11) is 0. The fourth-order valence-electron chi connectivity index (χ4n) is 1.85. The molecule has 0 spiro atoms. The summed E-state index contributed by atoms with van der Waals surface area (Å²) in [5.41, 5.74) is 3.01. The van der Waals surface area contributed by atoms with E-state index in [9.17, 15) is 4.39 Å². The number of hydrogen-bond acceptors (Lipinski definition) is 4. The molecule has 2 aromatic rings. The van der Waals surface area contributed by atoms with Gasteiger partial charge in [-0.3, -0.25) is 0 Å². The van der Waals surface area contributed by atoms with Gasteiger partial charge >= 0.3 is 0 Å². The third-order valence-corrected chi connectivity index (χ3v) is 3.12. The molecule has 0 fully saturated rings. The van der Waals surface area contributed by atoms with Crippen LogP contribution in [0.5, 0.6) is 11.6 Å². The van der Waals surface area contributed by atoms with Crippen LogP contribution in [0.2, 0.25) is 0 Å². The van der Waals surface area contributed by atoms with Crippen molar-refractivity contribution in [3.8, 4) is 11.6 Å². The Morgan fingerprint density at radius 2 is 1.90 bits per heavy atom. The number of benzene rings is 1. The lowest BCUT2D eigenvalue weighted by atomic mass is 10.1. The fraction of sp³-hybridized carbons (Fsp3) is 0.333. The number of anilines is 1. The van der Waals surface area contributed by atoms with Crippen LogP contribution in [-0.4, -0.2) is 16.5 Å². The highest BCUT2D eigenvalue weighted by Gasteiger charge is 2.13. The lowest BCUT2D eigenvalue weighted by Gasteiger charge is -2.13. The van der Waals surface area contributed by atoms with E-state index in [0.29, 0.717) is 18.2 Å². The van der Waals surface area contributed by atoms with Crippen LogP contribution in [0.25, 0.3) is 0 Å². The Bertz CT molecular complexity index is 629. The van der Waals surface area contributed by atoms with E-state index < -0.39 is 5.82 Å². The van der Waals surface area contributed by atoms with Crippen molar-refractivity contribution in [2.75, 3.05) is 11.9 Å². The van der Waals surface area contributed by atoms with Crippen LogP contribution < -0.4 is 10.1 Å². The first-order chi connectivity index (χ1) is 9.52. The zero-order chi connectivity index (χ0) is 14.7. The minimum absolute atomic E-state index is 0.0623. The van der Waals surface area contributed by atoms with Gasteiger partial charge in [0.1, 0.15) is 5.75 Å². The molecule has 0 aliphatic carbocycles. The maximum Gasteiger partial charge on any atom is 0.260 e. The molecular formula is C15H18FN3O. The van der Waals surface area contributed by atoms with E-state index in [4.69, 9.17) is 4.74 Å². The van der Waals surface area contributed by atoms with Crippen molar-refractivity contribution < 1.29 is 9.13 Å². The highest BCUT2D eigenvalue weighted by Crippen LogP contribution is 2.31. The Kier molecular flexibility index (Phi) is 4.17. The number of ether oxygens (including phenoxy) is 1. The molecule has 1 N–H and O–H groups in total. The van der Waals surface area contributed by atoms with Gasteiger partial charge in [-0.05, 0) is 44.4 Å². The van der Waals surface area contributed by atoms with Crippen LogP contribution in [0.1, 0.15) is 23.6 Å². The third kappa shape index (κ3) is 2.87. The number of hydrogen-bond donors (Lipinski definition) is 1. The average molecular weight is 275 g/mol. The summed E-state index contributed by atoms with van der Waals surface area (Å²) in [6.07, 6.45) is 1.11. The number of rotatable bonds is 4. The molecule has 0 saturated carbocycles. The maximum absolute atomic E-state index is 13.8.